The predicted molar refractivity (Wildman–Crippen MR) is 116 cm³/mol. The average molecular weight is 425 g/mol. The van der Waals surface area contributed by atoms with Crippen molar-refractivity contribution in [2.75, 3.05) is 5.32 Å². The summed E-state index contributed by atoms with van der Waals surface area (Å²) < 4.78 is 14.3. The Hall–Kier alpha value is -2.90. The topological polar surface area (TPSA) is 62.2 Å². The molecular weight excluding hydrogens is 407 g/mol. The van der Waals surface area contributed by atoms with Crippen LogP contribution in [0.2, 0.25) is 0 Å². The second kappa shape index (κ2) is 8.63. The number of benzene rings is 2. The minimum absolute atomic E-state index is 0.150. The number of rotatable bonds is 7. The Morgan fingerprint density at radius 2 is 1.90 bits per heavy atom. The van der Waals surface area contributed by atoms with Gasteiger partial charge >= 0.3 is 5.97 Å². The van der Waals surface area contributed by atoms with Crippen LogP contribution in [-0.4, -0.2) is 16.1 Å². The van der Waals surface area contributed by atoms with Crippen molar-refractivity contribution in [3.8, 4) is 0 Å². The number of thioether (sulfide) groups is 1. The quantitative estimate of drug-likeness (QED) is 0.354. The lowest BCUT2D eigenvalue weighted by Crippen LogP contribution is -2.09. The molecule has 0 bridgehead atoms. The van der Waals surface area contributed by atoms with Gasteiger partial charge in [0.1, 0.15) is 16.4 Å². The maximum absolute atomic E-state index is 13.5. The van der Waals surface area contributed by atoms with E-state index in [2.05, 4.69) is 10.3 Å². The van der Waals surface area contributed by atoms with Crippen LogP contribution in [0, 0.1) is 5.82 Å². The first-order valence-corrected chi connectivity index (χ1v) is 10.8. The van der Waals surface area contributed by atoms with Crippen molar-refractivity contribution in [2.24, 2.45) is 0 Å². The highest BCUT2D eigenvalue weighted by atomic mass is 32.2. The van der Waals surface area contributed by atoms with Crippen LogP contribution in [0.15, 0.2) is 71.1 Å². The number of carbonyl (C=O) groups is 1. The Labute approximate surface area is 175 Å². The monoisotopic (exact) mass is 424 g/mol. The minimum Gasteiger partial charge on any atom is -0.478 e. The van der Waals surface area contributed by atoms with Crippen LogP contribution in [0.1, 0.15) is 21.5 Å². The zero-order valence-corrected chi connectivity index (χ0v) is 16.9. The van der Waals surface area contributed by atoms with E-state index in [9.17, 15) is 14.3 Å². The van der Waals surface area contributed by atoms with E-state index in [0.717, 1.165) is 21.3 Å². The summed E-state index contributed by atoms with van der Waals surface area (Å²) in [5, 5.41) is 15.5. The van der Waals surface area contributed by atoms with Crippen LogP contribution in [-0.2, 0) is 12.3 Å². The summed E-state index contributed by atoms with van der Waals surface area (Å²) in [4.78, 5) is 16.7. The Morgan fingerprint density at radius 1 is 1.10 bits per heavy atom. The lowest BCUT2D eigenvalue weighted by atomic mass is 10.2. The first-order chi connectivity index (χ1) is 14.1. The van der Waals surface area contributed by atoms with E-state index >= 15 is 0 Å². The number of halogens is 1. The molecule has 0 radical (unpaired) electrons. The van der Waals surface area contributed by atoms with Crippen molar-refractivity contribution in [1.82, 2.24) is 4.98 Å². The van der Waals surface area contributed by atoms with E-state index in [0.29, 0.717) is 23.0 Å². The first-order valence-electron chi connectivity index (χ1n) is 8.91. The SMILES string of the molecule is O=C(O)c1c(SCc2ccccc2)nc2ccsc2c1NCc1cccc(F)c1. The highest BCUT2D eigenvalue weighted by Crippen LogP contribution is 2.37. The van der Waals surface area contributed by atoms with Gasteiger partial charge in [-0.2, -0.15) is 0 Å². The second-order valence-corrected chi connectivity index (χ2v) is 8.24. The number of aromatic carboxylic acids is 1. The number of hydrogen-bond donors (Lipinski definition) is 2. The number of nitrogens with one attached hydrogen (secondary N) is 1. The number of hydrogen-bond acceptors (Lipinski definition) is 5. The highest BCUT2D eigenvalue weighted by molar-refractivity contribution is 7.98. The minimum atomic E-state index is -1.04. The number of anilines is 1. The highest BCUT2D eigenvalue weighted by Gasteiger charge is 2.22. The van der Waals surface area contributed by atoms with Crippen LogP contribution in [0.4, 0.5) is 10.1 Å². The number of thiophene rings is 1. The zero-order chi connectivity index (χ0) is 20.2. The van der Waals surface area contributed by atoms with Gasteiger partial charge in [0, 0.05) is 12.3 Å². The number of aromatic nitrogens is 1. The van der Waals surface area contributed by atoms with Crippen molar-refractivity contribution >= 4 is 45.0 Å². The summed E-state index contributed by atoms with van der Waals surface area (Å²) in [6, 6.07) is 18.0. The molecule has 0 spiro atoms. The third-order valence-corrected chi connectivity index (χ3v) is 6.32. The lowest BCUT2D eigenvalue weighted by Gasteiger charge is -2.14. The zero-order valence-electron chi connectivity index (χ0n) is 15.3. The molecule has 4 aromatic rings. The third-order valence-electron chi connectivity index (χ3n) is 4.35. The van der Waals surface area contributed by atoms with Crippen LogP contribution in [0.25, 0.3) is 10.2 Å². The van der Waals surface area contributed by atoms with E-state index in [4.69, 9.17) is 0 Å². The fourth-order valence-corrected chi connectivity index (χ4v) is 4.85. The molecule has 4 nitrogen and oxygen atoms in total. The van der Waals surface area contributed by atoms with Crippen molar-refractivity contribution in [3.63, 3.8) is 0 Å². The molecule has 0 aliphatic carbocycles. The van der Waals surface area contributed by atoms with E-state index in [1.54, 1.807) is 12.1 Å². The molecule has 2 N–H and O–H groups in total. The molecule has 4 rings (SSSR count). The summed E-state index contributed by atoms with van der Waals surface area (Å²) in [6.07, 6.45) is 0. The summed E-state index contributed by atoms with van der Waals surface area (Å²) in [5.74, 6) is -0.740. The molecule has 0 atom stereocenters. The molecular formula is C22H17FN2O2S2. The van der Waals surface area contributed by atoms with Gasteiger partial charge in [0.2, 0.25) is 0 Å². The van der Waals surface area contributed by atoms with E-state index in [-0.39, 0.29) is 11.4 Å². The van der Waals surface area contributed by atoms with Gasteiger partial charge in [0.05, 0.1) is 15.9 Å². The van der Waals surface area contributed by atoms with Crippen LogP contribution in [0.3, 0.4) is 0 Å². The number of nitrogens with zero attached hydrogens (tertiary/aromatic N) is 1. The normalized spacial score (nSPS) is 10.9. The maximum atomic E-state index is 13.5. The van der Waals surface area contributed by atoms with Gasteiger partial charge in [-0.05, 0) is 34.7 Å². The molecule has 2 aromatic heterocycles. The molecule has 2 aromatic carbocycles. The average Bonchev–Trinajstić information content (AvgIpc) is 3.19. The van der Waals surface area contributed by atoms with Crippen molar-refractivity contribution in [3.05, 3.63) is 88.6 Å². The fourth-order valence-electron chi connectivity index (χ4n) is 3.00. The van der Waals surface area contributed by atoms with Gasteiger partial charge in [-0.25, -0.2) is 14.2 Å². The van der Waals surface area contributed by atoms with E-state index in [1.165, 1.54) is 35.2 Å². The summed E-state index contributed by atoms with van der Waals surface area (Å²) in [5.41, 5.74) is 3.25. The molecule has 2 heterocycles. The number of carboxylic acid groups (broad SMARTS) is 1. The predicted octanol–water partition coefficient (Wildman–Crippen LogP) is 6.04. The van der Waals surface area contributed by atoms with Crippen molar-refractivity contribution in [1.29, 1.82) is 0 Å². The first kappa shape index (κ1) is 19.4. The molecule has 29 heavy (non-hydrogen) atoms. The molecule has 0 amide bonds. The van der Waals surface area contributed by atoms with Crippen molar-refractivity contribution in [2.45, 2.75) is 17.3 Å². The van der Waals surface area contributed by atoms with Gasteiger partial charge in [0.15, 0.2) is 0 Å². The molecule has 0 saturated carbocycles. The largest absolute Gasteiger partial charge is 0.478 e. The maximum Gasteiger partial charge on any atom is 0.340 e. The van der Waals surface area contributed by atoms with Gasteiger partial charge < -0.3 is 10.4 Å². The lowest BCUT2D eigenvalue weighted by molar-refractivity contribution is 0.0693. The summed E-state index contributed by atoms with van der Waals surface area (Å²) in [7, 11) is 0. The van der Waals surface area contributed by atoms with Gasteiger partial charge in [-0.1, -0.05) is 42.5 Å². The third kappa shape index (κ3) is 4.41. The number of pyridine rings is 1. The Kier molecular flexibility index (Phi) is 5.78. The summed E-state index contributed by atoms with van der Waals surface area (Å²) >= 11 is 2.83. The molecule has 0 aliphatic heterocycles. The number of fused-ring (bicyclic) bond motifs is 1. The van der Waals surface area contributed by atoms with Gasteiger partial charge in [-0.3, -0.25) is 0 Å². The smallest absolute Gasteiger partial charge is 0.340 e. The summed E-state index contributed by atoms with van der Waals surface area (Å²) in [6.45, 7) is 0.317. The molecule has 7 heteroatoms. The molecule has 0 aliphatic rings. The van der Waals surface area contributed by atoms with E-state index < -0.39 is 5.97 Å². The number of carboxylic acids is 1. The van der Waals surface area contributed by atoms with E-state index in [1.807, 2.05) is 41.8 Å². The molecule has 146 valence electrons. The molecule has 0 saturated heterocycles. The molecule has 0 fully saturated rings. The van der Waals surface area contributed by atoms with Crippen LogP contribution >= 0.6 is 23.1 Å². The Bertz CT molecular complexity index is 1160. The van der Waals surface area contributed by atoms with Crippen LogP contribution < -0.4 is 5.32 Å². The second-order valence-electron chi connectivity index (χ2n) is 6.36. The molecule has 0 unspecified atom stereocenters. The Morgan fingerprint density at radius 3 is 2.66 bits per heavy atom. The Balaban J connectivity index is 1.70. The fraction of sp³-hybridized carbons (Fsp3) is 0.0909. The standard InChI is InChI=1S/C22H17FN2O2S2/c23-16-8-4-7-15(11-16)12-24-19-18(22(26)27)21(25-17-9-10-28-20(17)19)29-13-14-5-2-1-3-6-14/h1-11H,12-13H2,(H,24,25)(H,26,27). The van der Waals surface area contributed by atoms with Gasteiger partial charge in [0.25, 0.3) is 0 Å². The van der Waals surface area contributed by atoms with Crippen molar-refractivity contribution < 1.29 is 14.3 Å². The van der Waals surface area contributed by atoms with Gasteiger partial charge in [-0.15, -0.1) is 23.1 Å². The van der Waals surface area contributed by atoms with Crippen LogP contribution in [0.5, 0.6) is 0 Å².